The number of nitrogens with two attached hydrogens (primary N) is 1. The van der Waals surface area contributed by atoms with Gasteiger partial charge in [-0.05, 0) is 26.0 Å². The Morgan fingerprint density at radius 1 is 1.47 bits per heavy atom. The molecule has 19 heavy (non-hydrogen) atoms. The first-order valence-corrected chi connectivity index (χ1v) is 6.58. The Labute approximate surface area is 111 Å². The molecule has 1 aromatic heterocycles. The van der Waals surface area contributed by atoms with Gasteiger partial charge in [-0.15, -0.1) is 0 Å². The van der Waals surface area contributed by atoms with Crippen LogP contribution in [0.1, 0.15) is 34.8 Å². The molecule has 0 saturated heterocycles. The van der Waals surface area contributed by atoms with Crippen molar-refractivity contribution in [1.82, 2.24) is 14.5 Å². The number of fused-ring (bicyclic) bond motifs is 1. The quantitative estimate of drug-likeness (QED) is 0.846. The first-order valence-electron chi connectivity index (χ1n) is 6.58. The lowest BCUT2D eigenvalue weighted by Crippen LogP contribution is -2.32. The summed E-state index contributed by atoms with van der Waals surface area (Å²) < 4.78 is 7.73. The van der Waals surface area contributed by atoms with Crippen molar-refractivity contribution in [3.05, 3.63) is 23.3 Å². The first-order chi connectivity index (χ1) is 9.16. The van der Waals surface area contributed by atoms with Crippen LogP contribution in [-0.4, -0.2) is 40.6 Å². The van der Waals surface area contributed by atoms with Crippen molar-refractivity contribution in [3.8, 4) is 0 Å². The number of primary amides is 1. The molecule has 6 heteroatoms. The van der Waals surface area contributed by atoms with Crippen LogP contribution in [-0.2, 0) is 17.8 Å². The summed E-state index contributed by atoms with van der Waals surface area (Å²) in [5.41, 5.74) is 6.70. The second kappa shape index (κ2) is 4.70. The Bertz CT molecular complexity index is 547. The summed E-state index contributed by atoms with van der Waals surface area (Å²) in [4.78, 5) is 18.1. The fourth-order valence-corrected chi connectivity index (χ4v) is 2.59. The van der Waals surface area contributed by atoms with Gasteiger partial charge < -0.3 is 15.0 Å². The number of allylic oxidation sites excluding steroid dienone is 1. The van der Waals surface area contributed by atoms with E-state index in [1.54, 1.807) is 0 Å². The minimum Gasteiger partial charge on any atom is -0.490 e. The number of carbonyl (C=O) groups is 1. The van der Waals surface area contributed by atoms with Crippen LogP contribution in [0.5, 0.6) is 0 Å². The molecule has 1 amide bonds. The third kappa shape index (κ3) is 2.12. The van der Waals surface area contributed by atoms with Crippen LogP contribution in [0.3, 0.4) is 0 Å². The molecule has 0 unspecified atom stereocenters. The molecule has 0 atom stereocenters. The van der Waals surface area contributed by atoms with E-state index >= 15 is 0 Å². The molecule has 0 fully saturated rings. The highest BCUT2D eigenvalue weighted by Gasteiger charge is 2.27. The first kappa shape index (κ1) is 12.2. The number of carbonyl (C=O) groups excluding carboxylic acids is 1. The van der Waals surface area contributed by atoms with Crippen molar-refractivity contribution in [3.63, 3.8) is 0 Å². The summed E-state index contributed by atoms with van der Waals surface area (Å²) in [5, 5.41) is 0. The zero-order valence-corrected chi connectivity index (χ0v) is 11.1. The smallest absolute Gasteiger partial charge is 0.269 e. The second-order valence-electron chi connectivity index (χ2n) is 5.04. The van der Waals surface area contributed by atoms with E-state index in [2.05, 4.69) is 14.5 Å². The summed E-state index contributed by atoms with van der Waals surface area (Å²) >= 11 is 0. The Balaban J connectivity index is 2.08. The van der Waals surface area contributed by atoms with Gasteiger partial charge in [0.05, 0.1) is 12.3 Å². The fraction of sp³-hybridized carbons (Fsp3) is 0.538. The maximum Gasteiger partial charge on any atom is 0.269 e. The number of ether oxygens (including phenoxy) is 1. The largest absolute Gasteiger partial charge is 0.490 e. The lowest BCUT2D eigenvalue weighted by atomic mass is 10.2. The number of aromatic nitrogens is 2. The molecule has 2 N–H and O–H groups in total. The van der Waals surface area contributed by atoms with Crippen LogP contribution in [0.15, 0.2) is 6.08 Å². The van der Waals surface area contributed by atoms with E-state index in [1.165, 1.54) is 0 Å². The van der Waals surface area contributed by atoms with E-state index in [4.69, 9.17) is 10.5 Å². The van der Waals surface area contributed by atoms with Gasteiger partial charge in [0.2, 0.25) is 0 Å². The maximum atomic E-state index is 11.5. The fourth-order valence-electron chi connectivity index (χ4n) is 2.59. The van der Waals surface area contributed by atoms with Crippen molar-refractivity contribution >= 4 is 11.7 Å². The number of rotatable bonds is 2. The Morgan fingerprint density at radius 2 is 2.32 bits per heavy atom. The molecule has 1 aromatic rings. The normalized spacial score (nSPS) is 19.5. The van der Waals surface area contributed by atoms with Crippen molar-refractivity contribution in [2.24, 2.45) is 5.73 Å². The molecule has 3 rings (SSSR count). The molecule has 2 aliphatic rings. The summed E-state index contributed by atoms with van der Waals surface area (Å²) in [6, 6.07) is 0. The molecular weight excluding hydrogens is 244 g/mol. The predicted octanol–water partition coefficient (Wildman–Crippen LogP) is 0.579. The minimum atomic E-state index is -0.471. The van der Waals surface area contributed by atoms with E-state index in [9.17, 15) is 4.79 Å². The van der Waals surface area contributed by atoms with Crippen LogP contribution in [0.4, 0.5) is 0 Å². The van der Waals surface area contributed by atoms with Gasteiger partial charge in [0.1, 0.15) is 0 Å². The third-order valence-electron chi connectivity index (χ3n) is 3.59. The van der Waals surface area contributed by atoms with Gasteiger partial charge in [-0.3, -0.25) is 9.69 Å². The predicted molar refractivity (Wildman–Crippen MR) is 70.2 cm³/mol. The van der Waals surface area contributed by atoms with E-state index in [0.29, 0.717) is 18.8 Å². The van der Waals surface area contributed by atoms with Crippen molar-refractivity contribution < 1.29 is 9.53 Å². The maximum absolute atomic E-state index is 11.5. The van der Waals surface area contributed by atoms with Crippen LogP contribution in [0.2, 0.25) is 0 Å². The number of likely N-dealkylation sites (N-methyl/N-ethyl adjacent to an activating group) is 1. The molecule has 0 aromatic carbocycles. The van der Waals surface area contributed by atoms with Gasteiger partial charge in [-0.25, -0.2) is 4.98 Å². The molecule has 0 radical (unpaired) electrons. The monoisotopic (exact) mass is 262 g/mol. The Morgan fingerprint density at radius 3 is 3.00 bits per heavy atom. The third-order valence-corrected chi connectivity index (χ3v) is 3.59. The van der Waals surface area contributed by atoms with Gasteiger partial charge in [-0.2, -0.15) is 0 Å². The molecule has 3 heterocycles. The van der Waals surface area contributed by atoms with Crippen LogP contribution in [0.25, 0.3) is 5.76 Å². The summed E-state index contributed by atoms with van der Waals surface area (Å²) in [5.74, 6) is 1.06. The lowest BCUT2D eigenvalue weighted by Gasteiger charge is -2.26. The van der Waals surface area contributed by atoms with E-state index in [0.717, 1.165) is 43.2 Å². The highest BCUT2D eigenvalue weighted by atomic mass is 16.5. The highest BCUT2D eigenvalue weighted by Crippen LogP contribution is 2.26. The van der Waals surface area contributed by atoms with Gasteiger partial charge in [-0.1, -0.05) is 0 Å². The topological polar surface area (TPSA) is 73.4 Å². The van der Waals surface area contributed by atoms with Crippen molar-refractivity contribution in [1.29, 1.82) is 0 Å². The SMILES string of the molecule is CN1CCn2c(C3=CCCCO3)nc(C(N)=O)c2C1. The van der Waals surface area contributed by atoms with Crippen LogP contribution in [0, 0.1) is 0 Å². The Hall–Kier alpha value is -1.82. The lowest BCUT2D eigenvalue weighted by molar-refractivity contribution is 0.0993. The molecule has 0 bridgehead atoms. The number of hydrogen-bond acceptors (Lipinski definition) is 4. The molecule has 2 aliphatic heterocycles. The van der Waals surface area contributed by atoms with Crippen molar-refractivity contribution in [2.45, 2.75) is 25.9 Å². The molecule has 0 saturated carbocycles. The number of amides is 1. The van der Waals surface area contributed by atoms with E-state index in [-0.39, 0.29) is 0 Å². The molecule has 6 nitrogen and oxygen atoms in total. The van der Waals surface area contributed by atoms with Crippen molar-refractivity contribution in [2.75, 3.05) is 20.2 Å². The molecular formula is C13H18N4O2. The second-order valence-corrected chi connectivity index (χ2v) is 5.04. The summed E-state index contributed by atoms with van der Waals surface area (Å²) in [6.45, 7) is 3.14. The van der Waals surface area contributed by atoms with Gasteiger partial charge >= 0.3 is 0 Å². The molecule has 0 spiro atoms. The van der Waals surface area contributed by atoms with Gasteiger partial charge in [0, 0.05) is 19.6 Å². The van der Waals surface area contributed by atoms with E-state index in [1.807, 2.05) is 13.1 Å². The van der Waals surface area contributed by atoms with E-state index < -0.39 is 5.91 Å². The average molecular weight is 262 g/mol. The summed E-state index contributed by atoms with van der Waals surface area (Å²) in [7, 11) is 2.03. The summed E-state index contributed by atoms with van der Waals surface area (Å²) in [6.07, 6.45) is 4.06. The van der Waals surface area contributed by atoms with Gasteiger partial charge in [0.25, 0.3) is 5.91 Å². The standard InChI is InChI=1S/C13H18N4O2/c1-16-5-6-17-9(8-16)11(12(14)18)15-13(17)10-4-2-3-7-19-10/h4H,2-3,5-8H2,1H3,(H2,14,18). The average Bonchev–Trinajstić information content (AvgIpc) is 2.78. The highest BCUT2D eigenvalue weighted by molar-refractivity contribution is 5.92. The minimum absolute atomic E-state index is 0.372. The zero-order chi connectivity index (χ0) is 13.4. The molecule has 102 valence electrons. The zero-order valence-electron chi connectivity index (χ0n) is 11.1. The number of imidazole rings is 1. The number of nitrogens with zero attached hydrogens (tertiary/aromatic N) is 3. The number of hydrogen-bond donors (Lipinski definition) is 1. The molecule has 0 aliphatic carbocycles. The van der Waals surface area contributed by atoms with Crippen LogP contribution >= 0.6 is 0 Å². The Kier molecular flexibility index (Phi) is 3.02. The van der Waals surface area contributed by atoms with Gasteiger partial charge in [0.15, 0.2) is 17.3 Å². The van der Waals surface area contributed by atoms with Crippen LogP contribution < -0.4 is 5.73 Å².